The summed E-state index contributed by atoms with van der Waals surface area (Å²) in [5, 5.41) is 14.5. The zero-order chi connectivity index (χ0) is 7.82. The van der Waals surface area contributed by atoms with Crippen molar-refractivity contribution in [1.82, 2.24) is 4.98 Å². The average Bonchev–Trinajstić information content (AvgIpc) is 2.40. The first-order valence-corrected chi connectivity index (χ1v) is 2.48. The fourth-order valence-corrected chi connectivity index (χ4v) is 0.344. The number of hydrogen-bond acceptors (Lipinski definition) is 3. The smallest absolute Gasteiger partial charge is 0.181 e. The van der Waals surface area contributed by atoms with E-state index in [1.54, 1.807) is 12.3 Å². The molecule has 1 aromatic rings. The highest BCUT2D eigenvalue weighted by Gasteiger charge is 1.72. The number of H-pyrrole nitrogens is 1. The highest BCUT2D eigenvalue weighted by Crippen LogP contribution is 1.90. The molecule has 0 spiro atoms. The van der Waals surface area contributed by atoms with E-state index in [4.69, 9.17) is 16.3 Å². The minimum absolute atomic E-state index is 0.718. The van der Waals surface area contributed by atoms with Crippen molar-refractivity contribution in [3.8, 4) is 12.1 Å². The Hall–Kier alpha value is -1.94. The van der Waals surface area contributed by atoms with Crippen molar-refractivity contribution in [1.29, 1.82) is 10.5 Å². The third-order valence-corrected chi connectivity index (χ3v) is 0.672. The molecule has 1 rings (SSSR count). The number of nitrogen functional groups attached to an aromatic ring is 1. The van der Waals surface area contributed by atoms with Crippen LogP contribution in [0, 0.1) is 22.7 Å². The molecular weight excluding hydrogens is 128 g/mol. The Bertz CT molecular complexity index is 224. The van der Waals surface area contributed by atoms with Crippen LogP contribution in [0.25, 0.3) is 0 Å². The molecule has 0 aliphatic carbocycles. The summed E-state index contributed by atoms with van der Waals surface area (Å²) in [6, 6.07) is 6.13. The lowest BCUT2D eigenvalue weighted by molar-refractivity contribution is 1.42. The van der Waals surface area contributed by atoms with Crippen LogP contribution in [0.2, 0.25) is 0 Å². The first kappa shape index (κ1) is 8.06. The van der Waals surface area contributed by atoms with E-state index in [1.807, 2.05) is 6.07 Å². The quantitative estimate of drug-likeness (QED) is 0.545. The van der Waals surface area contributed by atoms with Gasteiger partial charge in [0.2, 0.25) is 0 Å². The predicted molar refractivity (Wildman–Crippen MR) is 36.4 cm³/mol. The number of hydrogen-bond donors (Lipinski definition) is 2. The van der Waals surface area contributed by atoms with Gasteiger partial charge in [-0.1, -0.05) is 0 Å². The van der Waals surface area contributed by atoms with Crippen LogP contribution in [0.15, 0.2) is 18.3 Å². The molecule has 4 nitrogen and oxygen atoms in total. The molecule has 0 unspecified atom stereocenters. The predicted octanol–water partition coefficient (Wildman–Crippen LogP) is 0.630. The lowest BCUT2D eigenvalue weighted by atomic mass is 10.6. The average molecular weight is 134 g/mol. The molecule has 10 heavy (non-hydrogen) atoms. The Labute approximate surface area is 58.5 Å². The van der Waals surface area contributed by atoms with Gasteiger partial charge < -0.3 is 10.7 Å². The van der Waals surface area contributed by atoms with Crippen LogP contribution < -0.4 is 5.73 Å². The zero-order valence-corrected chi connectivity index (χ0v) is 5.20. The van der Waals surface area contributed by atoms with Crippen molar-refractivity contribution in [2.45, 2.75) is 0 Å². The normalized spacial score (nSPS) is 6.20. The van der Waals surface area contributed by atoms with Crippen molar-refractivity contribution >= 4 is 5.82 Å². The lowest BCUT2D eigenvalue weighted by Crippen LogP contribution is -1.79. The Kier molecular flexibility index (Phi) is 4.19. The van der Waals surface area contributed by atoms with E-state index in [-0.39, 0.29) is 0 Å². The summed E-state index contributed by atoms with van der Waals surface area (Å²) >= 11 is 0. The number of nitrogens with zero attached hydrogens (tertiary/aromatic N) is 2. The summed E-state index contributed by atoms with van der Waals surface area (Å²) in [6.45, 7) is 0. The number of nitriles is 2. The Morgan fingerprint density at radius 2 is 2.00 bits per heavy atom. The molecule has 0 atom stereocenters. The second-order valence-electron chi connectivity index (χ2n) is 1.35. The molecule has 1 heterocycles. The topological polar surface area (TPSA) is 89.4 Å². The molecule has 0 amide bonds. The molecule has 4 heteroatoms. The van der Waals surface area contributed by atoms with E-state index >= 15 is 0 Å². The lowest BCUT2D eigenvalue weighted by Gasteiger charge is -1.72. The second kappa shape index (κ2) is 5.20. The van der Waals surface area contributed by atoms with Gasteiger partial charge in [-0.15, -0.1) is 0 Å². The highest BCUT2D eigenvalue weighted by molar-refractivity contribution is 5.26. The van der Waals surface area contributed by atoms with Crippen molar-refractivity contribution in [2.24, 2.45) is 0 Å². The molecule has 50 valence electrons. The van der Waals surface area contributed by atoms with Gasteiger partial charge in [0.25, 0.3) is 0 Å². The van der Waals surface area contributed by atoms with Gasteiger partial charge in [0, 0.05) is 6.20 Å². The molecule has 1 aromatic heterocycles. The van der Waals surface area contributed by atoms with Crippen LogP contribution >= 0.6 is 0 Å². The standard InChI is InChI=1S/C4H6N2.C2N2/c5-4-2-1-3-6-4;3-1-2-4/h1-3,6H,5H2;. The minimum atomic E-state index is 0.718. The first-order valence-electron chi connectivity index (χ1n) is 2.48. The highest BCUT2D eigenvalue weighted by atomic mass is 14.8. The summed E-state index contributed by atoms with van der Waals surface area (Å²) in [4.78, 5) is 2.78. The van der Waals surface area contributed by atoms with Gasteiger partial charge in [0.15, 0.2) is 12.1 Å². The van der Waals surface area contributed by atoms with E-state index in [0.717, 1.165) is 5.82 Å². The maximum atomic E-state index is 7.26. The molecule has 0 aliphatic rings. The van der Waals surface area contributed by atoms with E-state index in [0.29, 0.717) is 0 Å². The minimum Gasteiger partial charge on any atom is -0.385 e. The fourth-order valence-electron chi connectivity index (χ4n) is 0.344. The van der Waals surface area contributed by atoms with Crippen molar-refractivity contribution in [3.63, 3.8) is 0 Å². The number of nitrogens with two attached hydrogens (primary N) is 1. The van der Waals surface area contributed by atoms with Crippen LogP contribution in [0.5, 0.6) is 0 Å². The molecule has 0 saturated carbocycles. The van der Waals surface area contributed by atoms with Gasteiger partial charge in [-0.25, -0.2) is 0 Å². The van der Waals surface area contributed by atoms with Gasteiger partial charge in [-0.05, 0) is 12.1 Å². The zero-order valence-electron chi connectivity index (χ0n) is 5.20. The Morgan fingerprint density at radius 1 is 1.40 bits per heavy atom. The van der Waals surface area contributed by atoms with Gasteiger partial charge in [-0.3, -0.25) is 0 Å². The molecule has 3 N–H and O–H groups in total. The van der Waals surface area contributed by atoms with Gasteiger partial charge in [0.1, 0.15) is 5.82 Å². The molecule has 0 aliphatic heterocycles. The summed E-state index contributed by atoms with van der Waals surface area (Å²) in [5.41, 5.74) is 5.22. The molecular formula is C6H6N4. The van der Waals surface area contributed by atoms with Crippen LogP contribution in [-0.2, 0) is 0 Å². The summed E-state index contributed by atoms with van der Waals surface area (Å²) in [6.07, 6.45) is 1.79. The third-order valence-electron chi connectivity index (χ3n) is 0.672. The number of aromatic amines is 1. The fraction of sp³-hybridized carbons (Fsp3) is 0. The second-order valence-corrected chi connectivity index (χ2v) is 1.35. The molecule has 0 saturated heterocycles. The first-order chi connectivity index (χ1) is 4.81. The van der Waals surface area contributed by atoms with Gasteiger partial charge in [-0.2, -0.15) is 10.5 Å². The van der Waals surface area contributed by atoms with Gasteiger partial charge >= 0.3 is 0 Å². The monoisotopic (exact) mass is 134 g/mol. The van der Waals surface area contributed by atoms with Crippen molar-refractivity contribution in [2.75, 3.05) is 5.73 Å². The van der Waals surface area contributed by atoms with E-state index in [9.17, 15) is 0 Å². The van der Waals surface area contributed by atoms with Crippen molar-refractivity contribution in [3.05, 3.63) is 18.3 Å². The Morgan fingerprint density at radius 3 is 2.10 bits per heavy atom. The maximum absolute atomic E-state index is 7.26. The van der Waals surface area contributed by atoms with Crippen LogP contribution in [0.1, 0.15) is 0 Å². The summed E-state index contributed by atoms with van der Waals surface area (Å²) < 4.78 is 0. The van der Waals surface area contributed by atoms with E-state index < -0.39 is 0 Å². The van der Waals surface area contributed by atoms with E-state index in [2.05, 4.69) is 4.98 Å². The maximum Gasteiger partial charge on any atom is 0.181 e. The SMILES string of the molecule is N#CC#N.Nc1ccc[nH]1. The third kappa shape index (κ3) is 4.23. The number of nitrogens with one attached hydrogen (secondary N) is 1. The largest absolute Gasteiger partial charge is 0.385 e. The molecule has 0 radical (unpaired) electrons. The Balaban J connectivity index is 0.000000180. The van der Waals surface area contributed by atoms with Gasteiger partial charge in [0.05, 0.1) is 0 Å². The summed E-state index contributed by atoms with van der Waals surface area (Å²) in [5.74, 6) is 0.718. The molecule has 0 fully saturated rings. The number of aromatic nitrogens is 1. The van der Waals surface area contributed by atoms with Crippen LogP contribution in [0.3, 0.4) is 0 Å². The van der Waals surface area contributed by atoms with Crippen molar-refractivity contribution < 1.29 is 0 Å². The van der Waals surface area contributed by atoms with Crippen LogP contribution in [0.4, 0.5) is 5.82 Å². The van der Waals surface area contributed by atoms with Crippen LogP contribution in [-0.4, -0.2) is 4.98 Å². The number of rotatable bonds is 0. The summed E-state index contributed by atoms with van der Waals surface area (Å²) in [7, 11) is 0. The van der Waals surface area contributed by atoms with E-state index in [1.165, 1.54) is 12.1 Å². The molecule has 0 bridgehead atoms. The number of anilines is 1. The molecule has 0 aromatic carbocycles.